The molecule has 2 rings (SSSR count). The molecule has 1 unspecified atom stereocenters. The average molecular weight is 289 g/mol. The Morgan fingerprint density at radius 1 is 1.38 bits per heavy atom. The van der Waals surface area contributed by atoms with Gasteiger partial charge in [-0.2, -0.15) is 4.98 Å². The zero-order chi connectivity index (χ0) is 15.2. The summed E-state index contributed by atoms with van der Waals surface area (Å²) in [7, 11) is 0. The number of hydrogen-bond acceptors (Lipinski definition) is 5. The van der Waals surface area contributed by atoms with E-state index in [9.17, 15) is 4.79 Å². The van der Waals surface area contributed by atoms with E-state index in [0.29, 0.717) is 18.1 Å². The number of carboxylic acids is 1. The Kier molecular flexibility index (Phi) is 5.05. The number of aliphatic carboxylic acids is 1. The lowest BCUT2D eigenvalue weighted by atomic mass is 10.1. The number of aromatic nitrogens is 2. The number of carbonyl (C=O) groups is 1. The van der Waals surface area contributed by atoms with Gasteiger partial charge in [0, 0.05) is 5.56 Å². The van der Waals surface area contributed by atoms with E-state index in [1.807, 2.05) is 38.1 Å². The molecule has 1 aromatic carbocycles. The standard InChI is InChI=1S/C15H19N3O3/c1-3-4-12(15(19)20)16-9-13-17-14(18-21-13)11-7-5-10(2)6-8-11/h5-8,12,16H,3-4,9H2,1-2H3,(H,19,20). The van der Waals surface area contributed by atoms with Crippen molar-refractivity contribution in [3.63, 3.8) is 0 Å². The molecule has 0 spiro atoms. The normalized spacial score (nSPS) is 12.3. The third kappa shape index (κ3) is 4.13. The Morgan fingerprint density at radius 3 is 2.71 bits per heavy atom. The topological polar surface area (TPSA) is 88.3 Å². The minimum atomic E-state index is -0.866. The van der Waals surface area contributed by atoms with Crippen molar-refractivity contribution in [2.75, 3.05) is 0 Å². The van der Waals surface area contributed by atoms with Crippen LogP contribution in [0.3, 0.4) is 0 Å². The van der Waals surface area contributed by atoms with Crippen molar-refractivity contribution in [1.29, 1.82) is 0 Å². The number of nitrogens with one attached hydrogen (secondary N) is 1. The van der Waals surface area contributed by atoms with Crippen molar-refractivity contribution in [3.8, 4) is 11.4 Å². The highest BCUT2D eigenvalue weighted by Crippen LogP contribution is 2.16. The van der Waals surface area contributed by atoms with Gasteiger partial charge < -0.3 is 9.63 Å². The van der Waals surface area contributed by atoms with Crippen LogP contribution in [-0.2, 0) is 11.3 Å². The third-order valence-electron chi connectivity index (χ3n) is 3.15. The molecule has 0 radical (unpaired) electrons. The Labute approximate surface area is 123 Å². The predicted molar refractivity (Wildman–Crippen MR) is 77.6 cm³/mol. The van der Waals surface area contributed by atoms with Crippen LogP contribution in [-0.4, -0.2) is 27.3 Å². The molecule has 1 atom stereocenters. The number of hydrogen-bond donors (Lipinski definition) is 2. The highest BCUT2D eigenvalue weighted by Gasteiger charge is 2.17. The van der Waals surface area contributed by atoms with Gasteiger partial charge >= 0.3 is 5.97 Å². The monoisotopic (exact) mass is 289 g/mol. The Bertz CT molecular complexity index is 592. The van der Waals surface area contributed by atoms with Gasteiger partial charge in [0.25, 0.3) is 0 Å². The molecule has 1 aromatic heterocycles. The van der Waals surface area contributed by atoms with E-state index < -0.39 is 12.0 Å². The Morgan fingerprint density at radius 2 is 2.10 bits per heavy atom. The summed E-state index contributed by atoms with van der Waals surface area (Å²) in [6.45, 7) is 4.20. The number of aryl methyl sites for hydroxylation is 1. The molecule has 0 fully saturated rings. The van der Waals surface area contributed by atoms with Gasteiger partial charge in [-0.25, -0.2) is 0 Å². The van der Waals surface area contributed by atoms with Crippen molar-refractivity contribution in [1.82, 2.24) is 15.5 Å². The predicted octanol–water partition coefficient (Wildman–Crippen LogP) is 2.39. The summed E-state index contributed by atoms with van der Waals surface area (Å²) in [5.41, 5.74) is 2.03. The van der Waals surface area contributed by atoms with Gasteiger partial charge in [-0.3, -0.25) is 10.1 Å². The summed E-state index contributed by atoms with van der Waals surface area (Å²) in [6, 6.07) is 7.21. The minimum Gasteiger partial charge on any atom is -0.480 e. The third-order valence-corrected chi connectivity index (χ3v) is 3.15. The first-order valence-electron chi connectivity index (χ1n) is 6.96. The molecule has 0 saturated heterocycles. The second kappa shape index (κ2) is 6.99. The van der Waals surface area contributed by atoms with Crippen LogP contribution in [0.1, 0.15) is 31.2 Å². The maximum absolute atomic E-state index is 11.0. The van der Waals surface area contributed by atoms with Gasteiger partial charge in [0.1, 0.15) is 6.04 Å². The van der Waals surface area contributed by atoms with Crippen LogP contribution in [0.5, 0.6) is 0 Å². The van der Waals surface area contributed by atoms with Crippen LogP contribution < -0.4 is 5.32 Å². The van der Waals surface area contributed by atoms with Crippen LogP contribution in [0.25, 0.3) is 11.4 Å². The van der Waals surface area contributed by atoms with Crippen molar-refractivity contribution in [3.05, 3.63) is 35.7 Å². The van der Waals surface area contributed by atoms with Gasteiger partial charge in [0.2, 0.25) is 11.7 Å². The average Bonchev–Trinajstić information content (AvgIpc) is 2.92. The maximum Gasteiger partial charge on any atom is 0.320 e. The fourth-order valence-electron chi connectivity index (χ4n) is 1.96. The molecule has 21 heavy (non-hydrogen) atoms. The summed E-state index contributed by atoms with van der Waals surface area (Å²) in [5.74, 6) is 0.0252. The van der Waals surface area contributed by atoms with E-state index in [1.165, 1.54) is 0 Å². The molecule has 2 aromatic rings. The molecule has 0 aliphatic rings. The summed E-state index contributed by atoms with van der Waals surface area (Å²) < 4.78 is 5.14. The van der Waals surface area contributed by atoms with Gasteiger partial charge in [-0.15, -0.1) is 0 Å². The molecule has 0 amide bonds. The second-order valence-corrected chi connectivity index (χ2v) is 4.94. The van der Waals surface area contributed by atoms with Gasteiger partial charge in [-0.1, -0.05) is 48.3 Å². The van der Waals surface area contributed by atoms with Crippen LogP contribution in [0.4, 0.5) is 0 Å². The summed E-state index contributed by atoms with van der Waals surface area (Å²) in [6.07, 6.45) is 1.36. The zero-order valence-corrected chi connectivity index (χ0v) is 12.2. The lowest BCUT2D eigenvalue weighted by molar-refractivity contribution is -0.139. The maximum atomic E-state index is 11.0. The number of carboxylic acid groups (broad SMARTS) is 1. The van der Waals surface area contributed by atoms with Crippen LogP contribution in [0, 0.1) is 6.92 Å². The lowest BCUT2D eigenvalue weighted by Crippen LogP contribution is -2.36. The fourth-order valence-corrected chi connectivity index (χ4v) is 1.96. The van der Waals surface area contributed by atoms with Crippen molar-refractivity contribution >= 4 is 5.97 Å². The van der Waals surface area contributed by atoms with E-state index in [1.54, 1.807) is 0 Å². The van der Waals surface area contributed by atoms with Gasteiger partial charge in [0.05, 0.1) is 6.54 Å². The van der Waals surface area contributed by atoms with Crippen LogP contribution in [0.15, 0.2) is 28.8 Å². The molecule has 2 N–H and O–H groups in total. The molecular formula is C15H19N3O3. The SMILES string of the molecule is CCCC(NCc1nc(-c2ccc(C)cc2)no1)C(=O)O. The molecule has 0 aliphatic heterocycles. The van der Waals surface area contributed by atoms with Crippen LogP contribution >= 0.6 is 0 Å². The highest BCUT2D eigenvalue weighted by atomic mass is 16.5. The Balaban J connectivity index is 2.00. The summed E-state index contributed by atoms with van der Waals surface area (Å²) in [4.78, 5) is 15.3. The zero-order valence-electron chi connectivity index (χ0n) is 12.2. The highest BCUT2D eigenvalue weighted by molar-refractivity contribution is 5.73. The summed E-state index contributed by atoms with van der Waals surface area (Å²) >= 11 is 0. The lowest BCUT2D eigenvalue weighted by Gasteiger charge is -2.11. The van der Waals surface area contributed by atoms with E-state index in [-0.39, 0.29) is 6.54 Å². The Hall–Kier alpha value is -2.21. The number of benzene rings is 1. The molecule has 6 heteroatoms. The van der Waals surface area contributed by atoms with Gasteiger partial charge in [0.15, 0.2) is 0 Å². The smallest absolute Gasteiger partial charge is 0.320 e. The fraction of sp³-hybridized carbons (Fsp3) is 0.400. The molecular weight excluding hydrogens is 270 g/mol. The first-order chi connectivity index (χ1) is 10.1. The second-order valence-electron chi connectivity index (χ2n) is 4.94. The van der Waals surface area contributed by atoms with E-state index in [0.717, 1.165) is 17.5 Å². The quantitative estimate of drug-likeness (QED) is 0.813. The molecule has 0 bridgehead atoms. The molecule has 1 heterocycles. The molecule has 0 aliphatic carbocycles. The van der Waals surface area contributed by atoms with Crippen molar-refractivity contribution in [2.45, 2.75) is 39.3 Å². The first-order valence-corrected chi connectivity index (χ1v) is 6.96. The number of rotatable bonds is 7. The van der Waals surface area contributed by atoms with E-state index in [2.05, 4.69) is 15.5 Å². The molecule has 6 nitrogen and oxygen atoms in total. The van der Waals surface area contributed by atoms with Gasteiger partial charge in [-0.05, 0) is 13.3 Å². The summed E-state index contributed by atoms with van der Waals surface area (Å²) in [5, 5.41) is 15.9. The minimum absolute atomic E-state index is 0.246. The van der Waals surface area contributed by atoms with Crippen molar-refractivity contribution < 1.29 is 14.4 Å². The van der Waals surface area contributed by atoms with Crippen molar-refractivity contribution in [2.24, 2.45) is 0 Å². The molecule has 112 valence electrons. The number of nitrogens with zero attached hydrogens (tertiary/aromatic N) is 2. The largest absolute Gasteiger partial charge is 0.480 e. The molecule has 0 saturated carbocycles. The van der Waals surface area contributed by atoms with E-state index in [4.69, 9.17) is 9.63 Å². The van der Waals surface area contributed by atoms with E-state index >= 15 is 0 Å². The van der Waals surface area contributed by atoms with Crippen LogP contribution in [0.2, 0.25) is 0 Å². The first kappa shape index (κ1) is 15.2.